The second-order valence-corrected chi connectivity index (χ2v) is 16.0. The lowest BCUT2D eigenvalue weighted by atomic mass is 9.59. The van der Waals surface area contributed by atoms with Crippen LogP contribution in [0.1, 0.15) is 74.2 Å². The van der Waals surface area contributed by atoms with Crippen LogP contribution in [-0.4, -0.2) is 131 Å². The standard InChI is InChI=1S/C39H51N9O6/c1-54-34-3-2-28(20-32(34)47-16-8-35(49)42-38(47)53)36(50)45-17-9-39(10-18-45)21-30(22-39)44-14-4-27(5-15-44)25-43-12-6-29(7-13-43)48-26-31(23-41-48)46-19-11-40-24-33(46)37(51)52/h2-3,11,19-20,23-24,26-27,29-30,33H,4-10,12-18,21-22,25H2,1H3,(H,51,52)(H,42,49,53). The number of benzene rings is 1. The second-order valence-electron chi connectivity index (χ2n) is 16.0. The van der Waals surface area contributed by atoms with Crippen LogP contribution in [-0.2, 0) is 9.59 Å². The van der Waals surface area contributed by atoms with Gasteiger partial charge in [-0.05, 0) is 94.0 Å². The minimum Gasteiger partial charge on any atom is -0.495 e. The summed E-state index contributed by atoms with van der Waals surface area (Å²) >= 11 is 0. The Balaban J connectivity index is 0.756. The molecule has 1 aliphatic carbocycles. The Morgan fingerprint density at radius 3 is 2.44 bits per heavy atom. The van der Waals surface area contributed by atoms with Crippen molar-refractivity contribution in [1.29, 1.82) is 0 Å². The maximum Gasteiger partial charge on any atom is 0.332 e. The van der Waals surface area contributed by atoms with Crippen molar-refractivity contribution < 1.29 is 29.0 Å². The summed E-state index contributed by atoms with van der Waals surface area (Å²) in [5.74, 6) is -0.0576. The number of aliphatic imine (C=N–C) groups is 1. The van der Waals surface area contributed by atoms with E-state index in [0.29, 0.717) is 34.5 Å². The van der Waals surface area contributed by atoms with E-state index in [1.165, 1.54) is 57.0 Å². The smallest absolute Gasteiger partial charge is 0.332 e. The van der Waals surface area contributed by atoms with Gasteiger partial charge in [-0.1, -0.05) is 0 Å². The SMILES string of the molecule is COc1ccc(C(=O)N2CCC3(CC2)CC(N2CCC(CN4CCC(n5cc(N6C=CN=CC6C(=O)O)cn5)CC4)CC2)C3)cc1N1CCC(=O)NC1=O. The fourth-order valence-electron chi connectivity index (χ4n) is 9.53. The van der Waals surface area contributed by atoms with Crippen LogP contribution in [0.25, 0.3) is 0 Å². The summed E-state index contributed by atoms with van der Waals surface area (Å²) in [6.07, 6.45) is 17.7. The second kappa shape index (κ2) is 15.2. The molecule has 15 heteroatoms. The number of aromatic nitrogens is 2. The predicted molar refractivity (Wildman–Crippen MR) is 202 cm³/mol. The molecule has 1 saturated carbocycles. The molecular formula is C39H51N9O6. The first-order valence-electron chi connectivity index (χ1n) is 19.5. The number of piperidine rings is 3. The zero-order valence-corrected chi connectivity index (χ0v) is 31.0. The minimum atomic E-state index is -0.936. The van der Waals surface area contributed by atoms with Gasteiger partial charge in [-0.2, -0.15) is 5.10 Å². The first-order valence-corrected chi connectivity index (χ1v) is 19.5. The fourth-order valence-corrected chi connectivity index (χ4v) is 9.53. The molecule has 4 saturated heterocycles. The zero-order chi connectivity index (χ0) is 37.4. The molecule has 8 rings (SSSR count). The number of anilines is 2. The first-order chi connectivity index (χ1) is 26.2. The Bertz CT molecular complexity index is 1790. The van der Waals surface area contributed by atoms with Crippen LogP contribution < -0.4 is 19.9 Å². The molecule has 1 unspecified atom stereocenters. The molecule has 1 atom stereocenters. The molecule has 0 radical (unpaired) electrons. The molecule has 1 aromatic carbocycles. The van der Waals surface area contributed by atoms with Gasteiger partial charge in [0.1, 0.15) is 5.75 Å². The van der Waals surface area contributed by atoms with Crippen molar-refractivity contribution in [3.63, 3.8) is 0 Å². The van der Waals surface area contributed by atoms with Crippen molar-refractivity contribution in [3.8, 4) is 5.75 Å². The number of amides is 4. The van der Waals surface area contributed by atoms with E-state index in [-0.39, 0.29) is 24.8 Å². The van der Waals surface area contributed by atoms with Crippen LogP contribution in [0.3, 0.4) is 0 Å². The molecule has 4 amide bonds. The van der Waals surface area contributed by atoms with E-state index in [1.807, 2.05) is 15.8 Å². The number of imide groups is 1. The van der Waals surface area contributed by atoms with Crippen molar-refractivity contribution in [2.75, 3.05) is 69.3 Å². The Morgan fingerprint density at radius 2 is 1.74 bits per heavy atom. The molecule has 5 aliphatic heterocycles. The third-order valence-corrected chi connectivity index (χ3v) is 12.8. The summed E-state index contributed by atoms with van der Waals surface area (Å²) < 4.78 is 7.50. The number of hydrogen-bond donors (Lipinski definition) is 2. The monoisotopic (exact) mass is 741 g/mol. The molecule has 15 nitrogen and oxygen atoms in total. The van der Waals surface area contributed by atoms with E-state index in [9.17, 15) is 24.3 Å². The lowest BCUT2D eigenvalue weighted by molar-refractivity contribution is -0.136. The average Bonchev–Trinajstić information content (AvgIpc) is 3.68. The van der Waals surface area contributed by atoms with Gasteiger partial charge >= 0.3 is 12.0 Å². The van der Waals surface area contributed by atoms with Crippen molar-refractivity contribution in [2.24, 2.45) is 16.3 Å². The average molecular weight is 742 g/mol. The number of carbonyl (C=O) groups is 4. The molecule has 0 bridgehead atoms. The van der Waals surface area contributed by atoms with E-state index < -0.39 is 18.0 Å². The number of likely N-dealkylation sites (tertiary alicyclic amines) is 3. The van der Waals surface area contributed by atoms with Gasteiger partial charge < -0.3 is 29.4 Å². The lowest BCUT2D eigenvalue weighted by Crippen LogP contribution is -2.57. The van der Waals surface area contributed by atoms with Gasteiger partial charge in [-0.25, -0.2) is 9.59 Å². The molecule has 54 heavy (non-hydrogen) atoms. The van der Waals surface area contributed by atoms with Crippen molar-refractivity contribution >= 4 is 41.4 Å². The third kappa shape index (κ3) is 7.35. The van der Waals surface area contributed by atoms with E-state index in [0.717, 1.165) is 70.0 Å². The van der Waals surface area contributed by atoms with Gasteiger partial charge in [-0.15, -0.1) is 0 Å². The first kappa shape index (κ1) is 36.2. The van der Waals surface area contributed by atoms with Gasteiger partial charge in [0.2, 0.25) is 5.91 Å². The fraction of sp³-hybridized carbons (Fsp3) is 0.590. The van der Waals surface area contributed by atoms with Gasteiger partial charge in [0.15, 0.2) is 6.04 Å². The summed E-state index contributed by atoms with van der Waals surface area (Å²) in [5.41, 5.74) is 2.12. The number of methoxy groups -OCH3 is 1. The number of nitrogens with zero attached hydrogens (tertiary/aromatic N) is 8. The highest BCUT2D eigenvalue weighted by Crippen LogP contribution is 2.51. The molecule has 288 valence electrons. The highest BCUT2D eigenvalue weighted by molar-refractivity contribution is 6.07. The van der Waals surface area contributed by atoms with Crippen LogP contribution in [0.4, 0.5) is 16.2 Å². The maximum atomic E-state index is 13.6. The van der Waals surface area contributed by atoms with Crippen LogP contribution in [0.5, 0.6) is 5.75 Å². The van der Waals surface area contributed by atoms with Crippen molar-refractivity contribution in [3.05, 3.63) is 48.6 Å². The number of urea groups is 1. The van der Waals surface area contributed by atoms with Gasteiger partial charge in [0.05, 0.1) is 30.7 Å². The number of ether oxygens (including phenoxy) is 1. The number of carboxylic acids is 1. The van der Waals surface area contributed by atoms with E-state index >= 15 is 0 Å². The van der Waals surface area contributed by atoms with Crippen LogP contribution >= 0.6 is 0 Å². The Kier molecular flexibility index (Phi) is 10.2. The Hall–Kier alpha value is -4.76. The van der Waals surface area contributed by atoms with Gasteiger partial charge in [0, 0.05) is 82.1 Å². The number of carboxylic acid groups (broad SMARTS) is 1. The van der Waals surface area contributed by atoms with E-state index in [4.69, 9.17) is 4.74 Å². The van der Waals surface area contributed by atoms with Crippen LogP contribution in [0.2, 0.25) is 0 Å². The lowest BCUT2D eigenvalue weighted by Gasteiger charge is -2.56. The van der Waals surface area contributed by atoms with Crippen molar-refractivity contribution in [1.82, 2.24) is 29.8 Å². The molecule has 1 spiro atoms. The molecule has 2 aromatic rings. The Labute approximate surface area is 315 Å². The topological polar surface area (TPSA) is 156 Å². The molecule has 6 aliphatic rings. The summed E-state index contributed by atoms with van der Waals surface area (Å²) in [4.78, 5) is 64.0. The summed E-state index contributed by atoms with van der Waals surface area (Å²) in [6, 6.07) is 4.84. The summed E-state index contributed by atoms with van der Waals surface area (Å²) in [5, 5.41) is 16.5. The number of hydrogen-bond acceptors (Lipinski definition) is 10. The van der Waals surface area contributed by atoms with Gasteiger partial charge in [-0.3, -0.25) is 29.5 Å². The maximum absolute atomic E-state index is 13.6. The van der Waals surface area contributed by atoms with Crippen LogP contribution in [0.15, 0.2) is 48.0 Å². The number of carbonyl (C=O) groups excluding carboxylic acids is 3. The molecule has 2 N–H and O–H groups in total. The normalized spacial score (nSPS) is 24.5. The highest BCUT2D eigenvalue weighted by Gasteiger charge is 2.48. The van der Waals surface area contributed by atoms with E-state index in [1.54, 1.807) is 41.7 Å². The minimum absolute atomic E-state index is 0.0306. The molecule has 6 heterocycles. The quantitative estimate of drug-likeness (QED) is 0.390. The number of rotatable bonds is 9. The Morgan fingerprint density at radius 1 is 0.981 bits per heavy atom. The molecule has 1 aromatic heterocycles. The van der Waals surface area contributed by atoms with Crippen LogP contribution in [0, 0.1) is 11.3 Å². The zero-order valence-electron chi connectivity index (χ0n) is 31.0. The summed E-state index contributed by atoms with van der Waals surface area (Å²) in [7, 11) is 1.53. The van der Waals surface area contributed by atoms with E-state index in [2.05, 4.69) is 25.2 Å². The molecule has 5 fully saturated rings. The number of nitrogens with one attached hydrogen (secondary N) is 1. The largest absolute Gasteiger partial charge is 0.495 e. The predicted octanol–water partition coefficient (Wildman–Crippen LogP) is 3.59. The van der Waals surface area contributed by atoms with Crippen molar-refractivity contribution in [2.45, 2.75) is 75.9 Å². The van der Waals surface area contributed by atoms with Gasteiger partial charge in [0.25, 0.3) is 5.91 Å². The molecular weight excluding hydrogens is 690 g/mol. The third-order valence-electron chi connectivity index (χ3n) is 12.8. The summed E-state index contributed by atoms with van der Waals surface area (Å²) in [6.45, 7) is 7.31. The number of aliphatic carboxylic acids is 1. The highest BCUT2D eigenvalue weighted by atomic mass is 16.5.